The zero-order valence-corrected chi connectivity index (χ0v) is 14.4. The third-order valence-corrected chi connectivity index (χ3v) is 4.51. The van der Waals surface area contributed by atoms with E-state index >= 15 is 0 Å². The van der Waals surface area contributed by atoms with Crippen molar-refractivity contribution in [1.82, 2.24) is 25.3 Å². The number of benzene rings is 1. The summed E-state index contributed by atoms with van der Waals surface area (Å²) in [7, 11) is 0. The van der Waals surface area contributed by atoms with Crippen molar-refractivity contribution in [2.45, 2.75) is 25.8 Å². The molecule has 0 spiro atoms. The summed E-state index contributed by atoms with van der Waals surface area (Å²) in [6.07, 6.45) is 8.67. The van der Waals surface area contributed by atoms with E-state index in [1.165, 1.54) is 19.3 Å². The van der Waals surface area contributed by atoms with Gasteiger partial charge < -0.3 is 10.2 Å². The van der Waals surface area contributed by atoms with Crippen molar-refractivity contribution in [2.24, 2.45) is 0 Å². The van der Waals surface area contributed by atoms with Crippen LogP contribution in [0.1, 0.15) is 35.4 Å². The highest BCUT2D eigenvalue weighted by atomic mass is 16.1. The molecular formula is C19H20N6O. The first kappa shape index (κ1) is 16.4. The van der Waals surface area contributed by atoms with Crippen LogP contribution in [0.25, 0.3) is 11.0 Å². The van der Waals surface area contributed by atoms with Crippen LogP contribution in [0.2, 0.25) is 0 Å². The van der Waals surface area contributed by atoms with Crippen LogP contribution in [0.3, 0.4) is 0 Å². The maximum Gasteiger partial charge on any atom is 0.251 e. The van der Waals surface area contributed by atoms with E-state index in [0.717, 1.165) is 24.4 Å². The van der Waals surface area contributed by atoms with Gasteiger partial charge in [0.2, 0.25) is 0 Å². The Kier molecular flexibility index (Phi) is 4.68. The molecule has 0 radical (unpaired) electrons. The molecule has 1 aromatic carbocycles. The van der Waals surface area contributed by atoms with Gasteiger partial charge in [-0.2, -0.15) is 0 Å². The number of carbonyl (C=O) groups excluding carboxylic acids is 1. The molecule has 3 aromatic rings. The lowest BCUT2D eigenvalue weighted by molar-refractivity contribution is 0.0950. The fourth-order valence-electron chi connectivity index (χ4n) is 3.14. The van der Waals surface area contributed by atoms with Crippen molar-refractivity contribution in [3.63, 3.8) is 0 Å². The number of anilines is 1. The number of hydrogen-bond acceptors (Lipinski definition) is 6. The second kappa shape index (κ2) is 7.43. The standard InChI is InChI=1S/C19H20N6O/c26-19(14-4-5-15-16(12-14)21-9-8-20-15)23-13-17-22-7-6-18(24-17)25-10-2-1-3-11-25/h4-9,12H,1-3,10-11,13H2,(H,23,26). The van der Waals surface area contributed by atoms with Gasteiger partial charge in [-0.3, -0.25) is 14.8 Å². The molecule has 0 saturated carbocycles. The third-order valence-electron chi connectivity index (χ3n) is 4.51. The molecule has 0 atom stereocenters. The zero-order valence-electron chi connectivity index (χ0n) is 14.4. The number of nitrogens with zero attached hydrogens (tertiary/aromatic N) is 5. The lowest BCUT2D eigenvalue weighted by Gasteiger charge is -2.27. The maximum absolute atomic E-state index is 12.4. The number of piperidine rings is 1. The van der Waals surface area contributed by atoms with E-state index < -0.39 is 0 Å². The minimum atomic E-state index is -0.176. The number of nitrogens with one attached hydrogen (secondary N) is 1. The molecule has 0 unspecified atom stereocenters. The Bertz CT molecular complexity index is 923. The van der Waals surface area contributed by atoms with Crippen molar-refractivity contribution >= 4 is 22.8 Å². The largest absolute Gasteiger partial charge is 0.357 e. The van der Waals surface area contributed by atoms with Gasteiger partial charge >= 0.3 is 0 Å². The Balaban J connectivity index is 1.43. The normalized spacial score (nSPS) is 14.4. The lowest BCUT2D eigenvalue weighted by atomic mass is 10.1. The molecular weight excluding hydrogens is 328 g/mol. The van der Waals surface area contributed by atoms with Gasteiger partial charge in [-0.15, -0.1) is 0 Å². The molecule has 2 aromatic heterocycles. The highest BCUT2D eigenvalue weighted by molar-refractivity contribution is 5.97. The van der Waals surface area contributed by atoms with Crippen molar-refractivity contribution < 1.29 is 4.79 Å². The first-order chi connectivity index (χ1) is 12.8. The Morgan fingerprint density at radius 3 is 2.62 bits per heavy atom. The van der Waals surface area contributed by atoms with Gasteiger partial charge in [0.15, 0.2) is 0 Å². The Morgan fingerprint density at radius 1 is 0.962 bits per heavy atom. The highest BCUT2D eigenvalue weighted by Gasteiger charge is 2.13. The first-order valence-electron chi connectivity index (χ1n) is 8.85. The third kappa shape index (κ3) is 3.61. The molecule has 4 rings (SSSR count). The number of carbonyl (C=O) groups is 1. The van der Waals surface area contributed by atoms with Gasteiger partial charge in [0.25, 0.3) is 5.91 Å². The molecule has 1 saturated heterocycles. The summed E-state index contributed by atoms with van der Waals surface area (Å²) < 4.78 is 0. The number of hydrogen-bond donors (Lipinski definition) is 1. The van der Waals surface area contributed by atoms with Gasteiger partial charge in [-0.25, -0.2) is 9.97 Å². The molecule has 1 fully saturated rings. The summed E-state index contributed by atoms with van der Waals surface area (Å²) in [6.45, 7) is 2.35. The molecule has 1 aliphatic rings. The van der Waals surface area contributed by atoms with E-state index in [1.54, 1.807) is 36.8 Å². The molecule has 0 bridgehead atoms. The predicted molar refractivity (Wildman–Crippen MR) is 98.8 cm³/mol. The van der Waals surface area contributed by atoms with Crippen LogP contribution in [-0.4, -0.2) is 38.9 Å². The van der Waals surface area contributed by atoms with Crippen LogP contribution in [-0.2, 0) is 6.54 Å². The van der Waals surface area contributed by atoms with Crippen molar-refractivity contribution in [1.29, 1.82) is 0 Å². The van der Waals surface area contributed by atoms with Crippen molar-refractivity contribution in [3.05, 3.63) is 54.2 Å². The van der Waals surface area contributed by atoms with Gasteiger partial charge in [0, 0.05) is 37.2 Å². The summed E-state index contributed by atoms with van der Waals surface area (Å²) in [4.78, 5) is 32.0. The van der Waals surface area contributed by atoms with E-state index in [2.05, 4.69) is 30.2 Å². The minimum Gasteiger partial charge on any atom is -0.357 e. The molecule has 1 amide bonds. The molecule has 3 heterocycles. The Labute approximate surface area is 151 Å². The average Bonchev–Trinajstić information content (AvgIpc) is 2.72. The van der Waals surface area contributed by atoms with Crippen molar-refractivity contribution in [2.75, 3.05) is 18.0 Å². The lowest BCUT2D eigenvalue weighted by Crippen LogP contribution is -2.31. The van der Waals surface area contributed by atoms with Gasteiger partial charge in [0.1, 0.15) is 11.6 Å². The number of fused-ring (bicyclic) bond motifs is 1. The fourth-order valence-corrected chi connectivity index (χ4v) is 3.14. The minimum absolute atomic E-state index is 0.176. The Hall–Kier alpha value is -3.09. The molecule has 7 nitrogen and oxygen atoms in total. The maximum atomic E-state index is 12.4. The molecule has 0 aliphatic carbocycles. The van der Waals surface area contributed by atoms with Crippen molar-refractivity contribution in [3.8, 4) is 0 Å². The van der Waals surface area contributed by atoms with E-state index in [0.29, 0.717) is 23.4 Å². The van der Waals surface area contributed by atoms with Gasteiger partial charge in [0.05, 0.1) is 17.6 Å². The monoisotopic (exact) mass is 348 g/mol. The predicted octanol–water partition coefficient (Wildman–Crippen LogP) is 2.34. The number of amides is 1. The van der Waals surface area contributed by atoms with Crippen LogP contribution < -0.4 is 10.2 Å². The molecule has 132 valence electrons. The SMILES string of the molecule is O=C(NCc1nccc(N2CCCCC2)n1)c1ccc2nccnc2c1. The summed E-state index contributed by atoms with van der Waals surface area (Å²) in [5, 5.41) is 2.88. The van der Waals surface area contributed by atoms with Crippen LogP contribution in [0, 0.1) is 0 Å². The van der Waals surface area contributed by atoms with Crippen LogP contribution in [0.15, 0.2) is 42.9 Å². The van der Waals surface area contributed by atoms with Crippen LogP contribution in [0.4, 0.5) is 5.82 Å². The summed E-state index contributed by atoms with van der Waals surface area (Å²) >= 11 is 0. The second-order valence-corrected chi connectivity index (χ2v) is 6.32. The molecule has 26 heavy (non-hydrogen) atoms. The van der Waals surface area contributed by atoms with E-state index in [9.17, 15) is 4.79 Å². The summed E-state index contributed by atoms with van der Waals surface area (Å²) in [5.74, 6) is 1.37. The zero-order chi connectivity index (χ0) is 17.8. The highest BCUT2D eigenvalue weighted by Crippen LogP contribution is 2.17. The summed E-state index contributed by atoms with van der Waals surface area (Å²) in [5.41, 5.74) is 2.01. The number of aromatic nitrogens is 4. The first-order valence-corrected chi connectivity index (χ1v) is 8.85. The molecule has 1 N–H and O–H groups in total. The topological polar surface area (TPSA) is 83.9 Å². The molecule has 1 aliphatic heterocycles. The second-order valence-electron chi connectivity index (χ2n) is 6.32. The quantitative estimate of drug-likeness (QED) is 0.779. The van der Waals surface area contributed by atoms with Gasteiger partial charge in [-0.1, -0.05) is 0 Å². The van der Waals surface area contributed by atoms with E-state index in [4.69, 9.17) is 0 Å². The smallest absolute Gasteiger partial charge is 0.251 e. The van der Waals surface area contributed by atoms with Crippen LogP contribution in [0.5, 0.6) is 0 Å². The average molecular weight is 348 g/mol. The summed E-state index contributed by atoms with van der Waals surface area (Å²) in [6, 6.07) is 7.21. The Morgan fingerprint density at radius 2 is 1.77 bits per heavy atom. The van der Waals surface area contributed by atoms with E-state index in [-0.39, 0.29) is 5.91 Å². The van der Waals surface area contributed by atoms with Crippen LogP contribution >= 0.6 is 0 Å². The molecule has 7 heteroatoms. The van der Waals surface area contributed by atoms with E-state index in [1.807, 2.05) is 6.07 Å². The fraction of sp³-hybridized carbons (Fsp3) is 0.316. The van der Waals surface area contributed by atoms with Gasteiger partial charge in [-0.05, 0) is 43.5 Å². The number of rotatable bonds is 4.